The molecule has 0 radical (unpaired) electrons. The molecule has 5 nitrogen and oxygen atoms in total. The molecule has 5 rings (SSSR count). The fourth-order valence-electron chi connectivity index (χ4n) is 3.97. The lowest BCUT2D eigenvalue weighted by molar-refractivity contribution is -0.134. The first-order chi connectivity index (χ1) is 13.3. The summed E-state index contributed by atoms with van der Waals surface area (Å²) in [4.78, 5) is 14.9. The number of benzene rings is 2. The lowest BCUT2D eigenvalue weighted by Crippen LogP contribution is -2.36. The van der Waals surface area contributed by atoms with Gasteiger partial charge in [0.1, 0.15) is 17.2 Å². The number of hydrogen-bond acceptors (Lipinski definition) is 4. The van der Waals surface area contributed by atoms with Crippen LogP contribution in [0.2, 0.25) is 0 Å². The Morgan fingerprint density at radius 1 is 1.11 bits per heavy atom. The van der Waals surface area contributed by atoms with Gasteiger partial charge >= 0.3 is 0 Å². The van der Waals surface area contributed by atoms with Crippen molar-refractivity contribution in [3.63, 3.8) is 0 Å². The predicted molar refractivity (Wildman–Crippen MR) is 100 cm³/mol. The van der Waals surface area contributed by atoms with E-state index in [1.165, 1.54) is 11.1 Å². The number of amides is 1. The zero-order chi connectivity index (χ0) is 18.2. The lowest BCUT2D eigenvalue weighted by atomic mass is 9.99. The van der Waals surface area contributed by atoms with Gasteiger partial charge in [0.05, 0.1) is 19.8 Å². The van der Waals surface area contributed by atoms with E-state index in [-0.39, 0.29) is 12.5 Å². The van der Waals surface area contributed by atoms with Crippen LogP contribution in [0.15, 0.2) is 36.4 Å². The fourth-order valence-corrected chi connectivity index (χ4v) is 3.97. The molecule has 2 heterocycles. The first-order valence-corrected chi connectivity index (χ1v) is 9.70. The van der Waals surface area contributed by atoms with Gasteiger partial charge in [-0.3, -0.25) is 4.79 Å². The zero-order valence-electron chi connectivity index (χ0n) is 15.3. The second kappa shape index (κ2) is 6.80. The number of carbonyl (C=O) groups is 1. The van der Waals surface area contributed by atoms with E-state index in [1.54, 1.807) is 0 Å². The second-order valence-electron chi connectivity index (χ2n) is 7.37. The van der Waals surface area contributed by atoms with E-state index in [2.05, 4.69) is 6.07 Å². The van der Waals surface area contributed by atoms with E-state index in [4.69, 9.17) is 14.2 Å². The van der Waals surface area contributed by atoms with Gasteiger partial charge < -0.3 is 19.1 Å². The Balaban J connectivity index is 1.37. The number of fused-ring (bicyclic) bond motifs is 2. The van der Waals surface area contributed by atoms with Crippen molar-refractivity contribution >= 4 is 5.91 Å². The molecule has 2 aromatic rings. The molecule has 2 aromatic carbocycles. The molecule has 0 spiro atoms. The van der Waals surface area contributed by atoms with Crippen molar-refractivity contribution in [2.24, 2.45) is 0 Å². The molecule has 1 fully saturated rings. The monoisotopic (exact) mass is 365 g/mol. The number of hydrogen-bond donors (Lipinski definition) is 0. The highest BCUT2D eigenvalue weighted by molar-refractivity contribution is 5.78. The van der Waals surface area contributed by atoms with Crippen molar-refractivity contribution in [1.82, 2.24) is 4.90 Å². The van der Waals surface area contributed by atoms with Crippen LogP contribution in [0.3, 0.4) is 0 Å². The van der Waals surface area contributed by atoms with Crippen LogP contribution < -0.4 is 14.2 Å². The maximum atomic E-state index is 12.9. The highest BCUT2D eigenvalue weighted by atomic mass is 16.5. The quantitative estimate of drug-likeness (QED) is 0.789. The van der Waals surface area contributed by atoms with Gasteiger partial charge in [-0.25, -0.2) is 0 Å². The van der Waals surface area contributed by atoms with Crippen LogP contribution in [0, 0.1) is 0 Å². The third kappa shape index (κ3) is 3.22. The van der Waals surface area contributed by atoms with Gasteiger partial charge in [-0.15, -0.1) is 0 Å². The molecule has 3 aliphatic rings. The third-order valence-electron chi connectivity index (χ3n) is 5.50. The average molecular weight is 365 g/mol. The summed E-state index contributed by atoms with van der Waals surface area (Å²) in [5, 5.41) is 0. The number of para-hydroxylation sites is 1. The van der Waals surface area contributed by atoms with E-state index >= 15 is 0 Å². The molecule has 0 N–H and O–H groups in total. The van der Waals surface area contributed by atoms with Crippen LogP contribution in [0.1, 0.15) is 29.5 Å². The van der Waals surface area contributed by atoms with E-state index in [0.717, 1.165) is 48.5 Å². The minimum Gasteiger partial charge on any atom is -0.493 e. The molecule has 0 unspecified atom stereocenters. The molecular weight excluding hydrogens is 342 g/mol. The molecule has 5 heteroatoms. The van der Waals surface area contributed by atoms with Gasteiger partial charge in [0.2, 0.25) is 0 Å². The maximum Gasteiger partial charge on any atom is 0.261 e. The van der Waals surface area contributed by atoms with Crippen LogP contribution in [-0.2, 0) is 24.2 Å². The van der Waals surface area contributed by atoms with Crippen molar-refractivity contribution in [2.75, 3.05) is 19.8 Å². The minimum atomic E-state index is 0.0321. The number of carbonyl (C=O) groups excluding carboxylic acids is 1. The van der Waals surface area contributed by atoms with Gasteiger partial charge in [-0.05, 0) is 31.0 Å². The summed E-state index contributed by atoms with van der Waals surface area (Å²) < 4.78 is 17.4. The van der Waals surface area contributed by atoms with E-state index in [1.807, 2.05) is 35.2 Å². The maximum absolute atomic E-state index is 12.9. The van der Waals surface area contributed by atoms with Crippen molar-refractivity contribution in [3.05, 3.63) is 53.1 Å². The number of ether oxygens (including phenoxy) is 3. The molecule has 1 aliphatic carbocycles. The highest BCUT2D eigenvalue weighted by Crippen LogP contribution is 2.42. The topological polar surface area (TPSA) is 48.0 Å². The van der Waals surface area contributed by atoms with Crippen LogP contribution in [0.5, 0.6) is 17.2 Å². The first-order valence-electron chi connectivity index (χ1n) is 9.70. The lowest BCUT2D eigenvalue weighted by Gasteiger charge is -2.25. The normalized spacial score (nSPS) is 16.9. The van der Waals surface area contributed by atoms with Gasteiger partial charge in [-0.2, -0.15) is 0 Å². The molecule has 0 aromatic heterocycles. The largest absolute Gasteiger partial charge is 0.493 e. The Bertz CT molecular complexity index is 828. The minimum absolute atomic E-state index is 0.0321. The second-order valence-corrected chi connectivity index (χ2v) is 7.37. The van der Waals surface area contributed by atoms with Crippen molar-refractivity contribution in [1.29, 1.82) is 0 Å². The average Bonchev–Trinajstić information content (AvgIpc) is 3.23. The summed E-state index contributed by atoms with van der Waals surface area (Å²) in [5.41, 5.74) is 3.55. The Labute approximate surface area is 158 Å². The van der Waals surface area contributed by atoms with E-state index in [0.29, 0.717) is 25.8 Å². The SMILES string of the molecule is O=C(COc1ccccc1)N(Cc1c2c(cc3c1OCC3)OCC2)C1CC1. The van der Waals surface area contributed by atoms with Gasteiger partial charge in [0.25, 0.3) is 5.91 Å². The molecule has 140 valence electrons. The Morgan fingerprint density at radius 2 is 1.93 bits per heavy atom. The third-order valence-corrected chi connectivity index (χ3v) is 5.50. The summed E-state index contributed by atoms with van der Waals surface area (Å²) in [6.07, 6.45) is 3.92. The first kappa shape index (κ1) is 16.5. The highest BCUT2D eigenvalue weighted by Gasteiger charge is 2.35. The van der Waals surface area contributed by atoms with E-state index in [9.17, 15) is 4.79 Å². The predicted octanol–water partition coefficient (Wildman–Crippen LogP) is 3.13. The standard InChI is InChI=1S/C22H23NO4/c24-21(14-27-17-4-2-1-3-5-17)23(16-6-7-16)13-19-18-9-11-25-20(18)12-15-8-10-26-22(15)19/h1-5,12,16H,6-11,13-14H2. The van der Waals surface area contributed by atoms with Crippen LogP contribution in [0.25, 0.3) is 0 Å². The molecule has 1 amide bonds. The summed E-state index contributed by atoms with van der Waals surface area (Å²) in [6.45, 7) is 2.06. The van der Waals surface area contributed by atoms with Gasteiger partial charge in [0.15, 0.2) is 6.61 Å². The summed E-state index contributed by atoms with van der Waals surface area (Å²) >= 11 is 0. The number of nitrogens with zero attached hydrogens (tertiary/aromatic N) is 1. The molecule has 0 bridgehead atoms. The Morgan fingerprint density at radius 3 is 2.74 bits per heavy atom. The van der Waals surface area contributed by atoms with Gasteiger partial charge in [0, 0.05) is 35.6 Å². The number of rotatable bonds is 6. The smallest absolute Gasteiger partial charge is 0.261 e. The summed E-state index contributed by atoms with van der Waals surface area (Å²) in [6, 6.07) is 11.9. The molecule has 2 aliphatic heterocycles. The Kier molecular flexibility index (Phi) is 4.15. The van der Waals surface area contributed by atoms with Crippen LogP contribution in [-0.4, -0.2) is 36.7 Å². The van der Waals surface area contributed by atoms with Crippen molar-refractivity contribution in [3.8, 4) is 17.2 Å². The fraction of sp³-hybridized carbons (Fsp3) is 0.409. The molecular formula is C22H23NO4. The molecule has 0 atom stereocenters. The Hall–Kier alpha value is -2.69. The van der Waals surface area contributed by atoms with Gasteiger partial charge in [-0.1, -0.05) is 18.2 Å². The zero-order valence-corrected chi connectivity index (χ0v) is 15.3. The van der Waals surface area contributed by atoms with Crippen molar-refractivity contribution < 1.29 is 19.0 Å². The summed E-state index contributed by atoms with van der Waals surface area (Å²) in [7, 11) is 0. The van der Waals surface area contributed by atoms with Crippen molar-refractivity contribution in [2.45, 2.75) is 38.3 Å². The van der Waals surface area contributed by atoms with Crippen LogP contribution >= 0.6 is 0 Å². The molecule has 0 saturated heterocycles. The summed E-state index contributed by atoms with van der Waals surface area (Å²) in [5.74, 6) is 2.70. The van der Waals surface area contributed by atoms with E-state index < -0.39 is 0 Å². The molecule has 1 saturated carbocycles. The molecule has 27 heavy (non-hydrogen) atoms. The van der Waals surface area contributed by atoms with Crippen LogP contribution in [0.4, 0.5) is 0 Å².